The summed E-state index contributed by atoms with van der Waals surface area (Å²) in [5, 5.41) is 9.04. The summed E-state index contributed by atoms with van der Waals surface area (Å²) in [5.41, 5.74) is 0.867. The van der Waals surface area contributed by atoms with Crippen LogP contribution in [0.3, 0.4) is 0 Å². The number of halogens is 2. The molecule has 0 atom stereocenters. The van der Waals surface area contributed by atoms with Crippen LogP contribution in [0.4, 0.5) is 0 Å². The highest BCUT2D eigenvalue weighted by molar-refractivity contribution is 9.12. The molecule has 0 aliphatic heterocycles. The molecule has 0 aromatic heterocycles. The zero-order valence-corrected chi connectivity index (χ0v) is 7.93. The van der Waals surface area contributed by atoms with E-state index in [1.807, 2.05) is 6.07 Å². The van der Waals surface area contributed by atoms with Gasteiger partial charge in [0.25, 0.3) is 0 Å². The third-order valence-corrected chi connectivity index (χ3v) is 1.48. The maximum atomic E-state index is 9.04. The molecule has 1 N–H and O–H groups in total. The average Bonchev–Trinajstić information content (AvgIpc) is 1.85. The molecular formula is C8H6BrClO. The van der Waals surface area contributed by atoms with Crippen LogP contribution in [0.15, 0.2) is 28.2 Å². The first-order chi connectivity index (χ1) is 5.18. The quantitative estimate of drug-likeness (QED) is 0.789. The highest BCUT2D eigenvalue weighted by Gasteiger charge is 1.90. The molecule has 0 radical (unpaired) electrons. The third-order valence-electron chi connectivity index (χ3n) is 1.15. The first-order valence-electron chi connectivity index (χ1n) is 3.00. The second-order valence-electron chi connectivity index (χ2n) is 2.03. The molecule has 1 nitrogen and oxygen atoms in total. The minimum absolute atomic E-state index is 0.240. The second-order valence-corrected chi connectivity index (χ2v) is 3.75. The summed E-state index contributed by atoms with van der Waals surface area (Å²) in [4.78, 5) is 0. The molecule has 3 heteroatoms. The largest absolute Gasteiger partial charge is 0.508 e. The van der Waals surface area contributed by atoms with Gasteiger partial charge in [0.2, 0.25) is 0 Å². The summed E-state index contributed by atoms with van der Waals surface area (Å²) in [7, 11) is 0. The number of rotatable bonds is 1. The van der Waals surface area contributed by atoms with E-state index in [0.717, 1.165) is 5.56 Å². The van der Waals surface area contributed by atoms with Crippen LogP contribution in [0, 0.1) is 0 Å². The van der Waals surface area contributed by atoms with E-state index < -0.39 is 0 Å². The van der Waals surface area contributed by atoms with E-state index in [9.17, 15) is 0 Å². The standard InChI is InChI=1S/C8H6BrClO/c9-8(10)5-6-2-1-3-7(11)4-6/h1-5,11H/b8-5-. The zero-order valence-electron chi connectivity index (χ0n) is 5.59. The molecule has 11 heavy (non-hydrogen) atoms. The molecule has 0 heterocycles. The first-order valence-corrected chi connectivity index (χ1v) is 4.17. The van der Waals surface area contributed by atoms with Crippen LogP contribution in [-0.4, -0.2) is 5.11 Å². The number of benzene rings is 1. The molecule has 0 aliphatic carbocycles. The Morgan fingerprint density at radius 3 is 2.82 bits per heavy atom. The second kappa shape index (κ2) is 3.79. The molecule has 1 aromatic rings. The van der Waals surface area contributed by atoms with Crippen LogP contribution in [0.2, 0.25) is 0 Å². The Balaban J connectivity index is 2.97. The van der Waals surface area contributed by atoms with E-state index in [4.69, 9.17) is 16.7 Å². The number of hydrogen-bond donors (Lipinski definition) is 1. The molecule has 0 aliphatic rings. The summed E-state index contributed by atoms with van der Waals surface area (Å²) >= 11 is 8.64. The van der Waals surface area contributed by atoms with Crippen molar-refractivity contribution < 1.29 is 5.11 Å². The summed E-state index contributed by atoms with van der Waals surface area (Å²) in [6, 6.07) is 6.85. The molecule has 0 saturated carbocycles. The molecule has 1 aromatic carbocycles. The predicted octanol–water partition coefficient (Wildman–Crippen LogP) is 3.32. The Hall–Kier alpha value is -0.470. The lowest BCUT2D eigenvalue weighted by Crippen LogP contribution is -1.69. The van der Waals surface area contributed by atoms with Crippen molar-refractivity contribution in [2.75, 3.05) is 0 Å². The van der Waals surface area contributed by atoms with E-state index in [0.29, 0.717) is 3.94 Å². The Bertz CT molecular complexity index is 279. The fraction of sp³-hybridized carbons (Fsp3) is 0. The van der Waals surface area contributed by atoms with Gasteiger partial charge in [0.1, 0.15) is 5.75 Å². The van der Waals surface area contributed by atoms with Crippen molar-refractivity contribution in [2.24, 2.45) is 0 Å². The normalized spacial score (nSPS) is 11.6. The molecule has 0 saturated heterocycles. The zero-order chi connectivity index (χ0) is 8.27. The van der Waals surface area contributed by atoms with E-state index >= 15 is 0 Å². The molecule has 0 amide bonds. The van der Waals surface area contributed by atoms with Crippen molar-refractivity contribution >= 4 is 33.6 Å². The van der Waals surface area contributed by atoms with Crippen LogP contribution in [-0.2, 0) is 0 Å². The van der Waals surface area contributed by atoms with E-state index in [-0.39, 0.29) is 5.75 Å². The van der Waals surface area contributed by atoms with Gasteiger partial charge in [-0.1, -0.05) is 23.7 Å². The topological polar surface area (TPSA) is 20.2 Å². The monoisotopic (exact) mass is 232 g/mol. The van der Waals surface area contributed by atoms with Gasteiger partial charge in [-0.05, 0) is 39.7 Å². The van der Waals surface area contributed by atoms with Gasteiger partial charge >= 0.3 is 0 Å². The molecule has 0 fully saturated rings. The summed E-state index contributed by atoms with van der Waals surface area (Å²) < 4.78 is 0.517. The van der Waals surface area contributed by atoms with Crippen molar-refractivity contribution in [2.45, 2.75) is 0 Å². The molecule has 0 spiro atoms. The van der Waals surface area contributed by atoms with E-state index in [1.165, 1.54) is 0 Å². The summed E-state index contributed by atoms with van der Waals surface area (Å²) in [5.74, 6) is 0.240. The fourth-order valence-electron chi connectivity index (χ4n) is 0.741. The average molecular weight is 233 g/mol. The minimum atomic E-state index is 0.240. The fourth-order valence-corrected chi connectivity index (χ4v) is 1.13. The molecule has 0 unspecified atom stereocenters. The SMILES string of the molecule is Oc1cccc(/C=C(\Cl)Br)c1. The van der Waals surface area contributed by atoms with Crippen molar-refractivity contribution in [3.8, 4) is 5.75 Å². The Morgan fingerprint density at radius 1 is 1.55 bits per heavy atom. The Morgan fingerprint density at radius 2 is 2.27 bits per heavy atom. The highest BCUT2D eigenvalue weighted by atomic mass is 79.9. The number of phenols is 1. The van der Waals surface area contributed by atoms with Crippen molar-refractivity contribution in [1.82, 2.24) is 0 Å². The maximum absolute atomic E-state index is 9.04. The van der Waals surface area contributed by atoms with Crippen LogP contribution in [0.1, 0.15) is 5.56 Å². The van der Waals surface area contributed by atoms with Crippen LogP contribution < -0.4 is 0 Å². The van der Waals surface area contributed by atoms with Gasteiger partial charge in [-0.25, -0.2) is 0 Å². The van der Waals surface area contributed by atoms with Crippen LogP contribution in [0.25, 0.3) is 6.08 Å². The Kier molecular flexibility index (Phi) is 2.97. The molecule has 58 valence electrons. The molecule has 1 rings (SSSR count). The van der Waals surface area contributed by atoms with Gasteiger partial charge in [0.15, 0.2) is 0 Å². The van der Waals surface area contributed by atoms with E-state index in [1.54, 1.807) is 24.3 Å². The van der Waals surface area contributed by atoms with Crippen molar-refractivity contribution in [3.63, 3.8) is 0 Å². The van der Waals surface area contributed by atoms with Gasteiger partial charge in [-0.2, -0.15) is 0 Å². The first kappa shape index (κ1) is 8.62. The van der Waals surface area contributed by atoms with Gasteiger partial charge in [0.05, 0.1) is 3.94 Å². The van der Waals surface area contributed by atoms with Crippen LogP contribution >= 0.6 is 27.5 Å². The van der Waals surface area contributed by atoms with Gasteiger partial charge < -0.3 is 5.11 Å². The lowest BCUT2D eigenvalue weighted by molar-refractivity contribution is 0.475. The lowest BCUT2D eigenvalue weighted by atomic mass is 10.2. The maximum Gasteiger partial charge on any atom is 0.116 e. The summed E-state index contributed by atoms with van der Waals surface area (Å²) in [6.07, 6.45) is 1.71. The number of phenolic OH excluding ortho intramolecular Hbond substituents is 1. The van der Waals surface area contributed by atoms with Gasteiger partial charge in [-0.3, -0.25) is 0 Å². The summed E-state index contributed by atoms with van der Waals surface area (Å²) in [6.45, 7) is 0. The number of hydrogen-bond acceptors (Lipinski definition) is 1. The van der Waals surface area contributed by atoms with Gasteiger partial charge in [-0.15, -0.1) is 0 Å². The van der Waals surface area contributed by atoms with E-state index in [2.05, 4.69) is 15.9 Å². The highest BCUT2D eigenvalue weighted by Crippen LogP contribution is 2.18. The predicted molar refractivity (Wildman–Crippen MR) is 50.9 cm³/mol. The third kappa shape index (κ3) is 2.95. The Labute approximate surface area is 78.4 Å². The number of aromatic hydroxyl groups is 1. The molecular weight excluding hydrogens is 227 g/mol. The van der Waals surface area contributed by atoms with Crippen molar-refractivity contribution in [1.29, 1.82) is 0 Å². The lowest BCUT2D eigenvalue weighted by Gasteiger charge is -1.93. The molecule has 0 bridgehead atoms. The van der Waals surface area contributed by atoms with Crippen LogP contribution in [0.5, 0.6) is 5.75 Å². The van der Waals surface area contributed by atoms with Crippen molar-refractivity contribution in [3.05, 3.63) is 33.8 Å². The minimum Gasteiger partial charge on any atom is -0.508 e. The smallest absolute Gasteiger partial charge is 0.116 e. The van der Waals surface area contributed by atoms with Gasteiger partial charge in [0, 0.05) is 0 Å².